The summed E-state index contributed by atoms with van der Waals surface area (Å²) < 4.78 is 11.2. The molecule has 1 atom stereocenters. The molecule has 2 aromatic carbocycles. The number of amides is 1. The molecule has 1 amide bonds. The predicted molar refractivity (Wildman–Crippen MR) is 101 cm³/mol. The third-order valence-corrected chi connectivity index (χ3v) is 4.45. The van der Waals surface area contributed by atoms with Gasteiger partial charge in [-0.05, 0) is 36.8 Å². The summed E-state index contributed by atoms with van der Waals surface area (Å²) in [6.45, 7) is 1.66. The lowest BCUT2D eigenvalue weighted by Gasteiger charge is -2.14. The van der Waals surface area contributed by atoms with E-state index in [9.17, 15) is 4.79 Å². The van der Waals surface area contributed by atoms with E-state index in [-0.39, 0.29) is 24.6 Å². The van der Waals surface area contributed by atoms with Crippen molar-refractivity contribution in [3.63, 3.8) is 0 Å². The van der Waals surface area contributed by atoms with E-state index in [4.69, 9.17) is 20.9 Å². The second-order valence-corrected chi connectivity index (χ2v) is 6.82. The van der Waals surface area contributed by atoms with Crippen molar-refractivity contribution < 1.29 is 14.1 Å². The van der Waals surface area contributed by atoms with Gasteiger partial charge in [0, 0.05) is 10.0 Å². The van der Waals surface area contributed by atoms with Gasteiger partial charge in [0.05, 0.1) is 11.1 Å². The number of carbonyl (C=O) groups is 1. The van der Waals surface area contributed by atoms with E-state index in [0.29, 0.717) is 16.4 Å². The van der Waals surface area contributed by atoms with Crippen LogP contribution in [0.3, 0.4) is 0 Å². The molecule has 0 radical (unpaired) electrons. The Morgan fingerprint density at radius 2 is 2.00 bits per heavy atom. The molecule has 6 nitrogen and oxygen atoms in total. The molecule has 8 heteroatoms. The lowest BCUT2D eigenvalue weighted by molar-refractivity contribution is -0.124. The number of carbonyl (C=O) groups excluding carboxylic acids is 1. The maximum atomic E-state index is 12.0. The molecule has 0 saturated heterocycles. The van der Waals surface area contributed by atoms with Crippen molar-refractivity contribution in [2.45, 2.75) is 13.0 Å². The summed E-state index contributed by atoms with van der Waals surface area (Å²) in [5.74, 6) is 0.00662. The molecule has 1 N–H and O–H groups in total. The van der Waals surface area contributed by atoms with Gasteiger partial charge in [-0.1, -0.05) is 57.0 Å². The predicted octanol–water partition coefficient (Wildman–Crippen LogP) is 4.41. The third kappa shape index (κ3) is 4.62. The number of nitrogens with one attached hydrogen (secondary N) is 1. The zero-order valence-corrected chi connectivity index (χ0v) is 16.1. The topological polar surface area (TPSA) is 77.2 Å². The van der Waals surface area contributed by atoms with Crippen LogP contribution in [0.15, 0.2) is 57.5 Å². The number of halogens is 2. The second-order valence-electron chi connectivity index (χ2n) is 5.49. The molecule has 1 unspecified atom stereocenters. The van der Waals surface area contributed by atoms with E-state index in [0.717, 1.165) is 10.0 Å². The minimum absolute atomic E-state index is 0.0913. The van der Waals surface area contributed by atoms with Gasteiger partial charge in [-0.3, -0.25) is 9.32 Å². The molecule has 3 rings (SSSR count). The average molecular weight is 437 g/mol. The van der Waals surface area contributed by atoms with Crippen LogP contribution in [0.1, 0.15) is 18.5 Å². The smallest absolute Gasteiger partial charge is 0.418 e. The first-order valence-electron chi connectivity index (χ1n) is 7.79. The van der Waals surface area contributed by atoms with Crippen LogP contribution < -0.4 is 10.1 Å². The zero-order chi connectivity index (χ0) is 18.5. The maximum Gasteiger partial charge on any atom is 0.418 e. The van der Waals surface area contributed by atoms with E-state index < -0.39 is 0 Å². The van der Waals surface area contributed by atoms with Crippen LogP contribution in [-0.2, 0) is 4.79 Å². The van der Waals surface area contributed by atoms with Crippen LogP contribution in [0.4, 0.5) is 0 Å². The van der Waals surface area contributed by atoms with Gasteiger partial charge in [0.1, 0.15) is 0 Å². The first-order valence-corrected chi connectivity index (χ1v) is 8.96. The van der Waals surface area contributed by atoms with Crippen LogP contribution in [-0.4, -0.2) is 22.7 Å². The quantitative estimate of drug-likeness (QED) is 0.619. The molecule has 0 bridgehead atoms. The van der Waals surface area contributed by atoms with Crippen molar-refractivity contribution >= 4 is 33.4 Å². The highest BCUT2D eigenvalue weighted by molar-refractivity contribution is 9.10. The first kappa shape index (κ1) is 18.4. The van der Waals surface area contributed by atoms with Crippen LogP contribution in [0.2, 0.25) is 5.02 Å². The Morgan fingerprint density at radius 3 is 2.73 bits per heavy atom. The largest absolute Gasteiger partial charge is 0.439 e. The molecule has 0 aliphatic heterocycles. The normalized spacial score (nSPS) is 11.8. The Labute approximate surface area is 163 Å². The lowest BCUT2D eigenvalue weighted by Crippen LogP contribution is -2.31. The summed E-state index contributed by atoms with van der Waals surface area (Å²) in [6, 6.07) is 14.7. The summed E-state index contributed by atoms with van der Waals surface area (Å²) >= 11 is 9.47. The molecule has 26 heavy (non-hydrogen) atoms. The number of ether oxygens (including phenoxy) is 1. The van der Waals surface area contributed by atoms with Gasteiger partial charge in [-0.25, -0.2) is 0 Å². The Bertz CT molecular complexity index is 899. The Morgan fingerprint density at radius 1 is 1.27 bits per heavy atom. The maximum absolute atomic E-state index is 12.0. The minimum atomic E-state index is -0.294. The van der Waals surface area contributed by atoms with Gasteiger partial charge in [0.25, 0.3) is 5.91 Å². The molecule has 0 aliphatic rings. The average Bonchev–Trinajstić information content (AvgIpc) is 3.09. The van der Waals surface area contributed by atoms with Crippen molar-refractivity contribution in [1.82, 2.24) is 15.5 Å². The Kier molecular flexibility index (Phi) is 5.90. The standard InChI is InChI=1S/C18H15BrClN3O3/c1-11(12-6-8-13(19)9-7-12)21-16(24)10-25-18-22-17(23-26-18)14-4-2-3-5-15(14)20/h2-9,11H,10H2,1H3,(H,21,24). The summed E-state index contributed by atoms with van der Waals surface area (Å²) in [5, 5.41) is 7.15. The molecule has 0 saturated carbocycles. The fraction of sp³-hybridized carbons (Fsp3) is 0.167. The molecule has 1 aromatic heterocycles. The third-order valence-electron chi connectivity index (χ3n) is 3.60. The summed E-state index contributed by atoms with van der Waals surface area (Å²) in [6.07, 6.45) is -0.0913. The van der Waals surface area contributed by atoms with Crippen LogP contribution in [0.5, 0.6) is 6.08 Å². The van der Waals surface area contributed by atoms with E-state index in [1.807, 2.05) is 37.3 Å². The van der Waals surface area contributed by atoms with Crippen molar-refractivity contribution in [3.8, 4) is 17.5 Å². The Hall–Kier alpha value is -2.38. The van der Waals surface area contributed by atoms with Gasteiger partial charge >= 0.3 is 6.08 Å². The number of hydrogen-bond acceptors (Lipinski definition) is 5. The van der Waals surface area contributed by atoms with E-state index in [1.165, 1.54) is 0 Å². The Balaban J connectivity index is 1.55. The molecule has 134 valence electrons. The fourth-order valence-corrected chi connectivity index (χ4v) is 2.75. The molecule has 0 aliphatic carbocycles. The minimum Gasteiger partial charge on any atom is -0.439 e. The number of benzene rings is 2. The second kappa shape index (κ2) is 8.33. The summed E-state index contributed by atoms with van der Waals surface area (Å²) in [7, 11) is 0. The molecule has 3 aromatic rings. The van der Waals surface area contributed by atoms with E-state index >= 15 is 0 Å². The highest BCUT2D eigenvalue weighted by atomic mass is 79.9. The molecule has 0 spiro atoms. The fourth-order valence-electron chi connectivity index (χ4n) is 2.27. The molecule has 1 heterocycles. The van der Waals surface area contributed by atoms with Crippen LogP contribution in [0.25, 0.3) is 11.4 Å². The van der Waals surface area contributed by atoms with Gasteiger partial charge in [-0.2, -0.15) is 4.98 Å². The lowest BCUT2D eigenvalue weighted by atomic mass is 10.1. The van der Waals surface area contributed by atoms with Crippen LogP contribution >= 0.6 is 27.5 Å². The number of hydrogen-bond donors (Lipinski definition) is 1. The van der Waals surface area contributed by atoms with E-state index in [2.05, 4.69) is 31.4 Å². The SMILES string of the molecule is CC(NC(=O)COc1nc(-c2ccccc2Cl)no1)c1ccc(Br)cc1. The van der Waals surface area contributed by atoms with Gasteiger partial charge in [0.15, 0.2) is 6.61 Å². The highest BCUT2D eigenvalue weighted by Crippen LogP contribution is 2.26. The highest BCUT2D eigenvalue weighted by Gasteiger charge is 2.15. The van der Waals surface area contributed by atoms with Gasteiger partial charge in [-0.15, -0.1) is 0 Å². The summed E-state index contributed by atoms with van der Waals surface area (Å²) in [4.78, 5) is 16.1. The molecular weight excluding hydrogens is 422 g/mol. The number of aromatic nitrogens is 2. The van der Waals surface area contributed by atoms with Gasteiger partial charge < -0.3 is 10.1 Å². The molecule has 0 fully saturated rings. The van der Waals surface area contributed by atoms with Crippen molar-refractivity contribution in [3.05, 3.63) is 63.6 Å². The number of rotatable bonds is 6. The monoisotopic (exact) mass is 435 g/mol. The van der Waals surface area contributed by atoms with Gasteiger partial charge in [0.2, 0.25) is 5.82 Å². The van der Waals surface area contributed by atoms with Crippen LogP contribution in [0, 0.1) is 0 Å². The van der Waals surface area contributed by atoms with E-state index in [1.54, 1.807) is 18.2 Å². The molecular formula is C18H15BrClN3O3. The zero-order valence-electron chi connectivity index (χ0n) is 13.8. The van der Waals surface area contributed by atoms with Crippen molar-refractivity contribution in [2.24, 2.45) is 0 Å². The van der Waals surface area contributed by atoms with Crippen molar-refractivity contribution in [1.29, 1.82) is 0 Å². The first-order chi connectivity index (χ1) is 12.5. The number of nitrogens with zero attached hydrogens (tertiary/aromatic N) is 2. The van der Waals surface area contributed by atoms with Crippen molar-refractivity contribution in [2.75, 3.05) is 6.61 Å². The summed E-state index contributed by atoms with van der Waals surface area (Å²) in [5.41, 5.74) is 1.61.